The monoisotopic (exact) mass is 862 g/mol. The molecule has 316 valence electrons. The van der Waals surface area contributed by atoms with Gasteiger partial charge in [-0.1, -0.05) is 190 Å². The predicted molar refractivity (Wildman–Crippen MR) is 290 cm³/mol. The van der Waals surface area contributed by atoms with E-state index in [-0.39, 0.29) is 5.41 Å². The van der Waals surface area contributed by atoms with Crippen molar-refractivity contribution in [2.24, 2.45) is 0 Å². The highest BCUT2D eigenvalue weighted by Gasteiger charge is 2.38. The van der Waals surface area contributed by atoms with Crippen molar-refractivity contribution in [3.63, 3.8) is 0 Å². The number of rotatable bonds is 3. The number of fused-ring (bicyclic) bond motifs is 17. The summed E-state index contributed by atoms with van der Waals surface area (Å²) in [4.78, 5) is 0. The molecule has 0 radical (unpaired) electrons. The Kier molecular flexibility index (Phi) is 7.63. The average Bonchev–Trinajstić information content (AvgIpc) is 3.87. The molecule has 1 heteroatoms. The zero-order valence-electron chi connectivity index (χ0n) is 37.7. The van der Waals surface area contributed by atoms with Crippen LogP contribution in [0.2, 0.25) is 0 Å². The highest BCUT2D eigenvalue weighted by atomic mass is 16.3. The SMILES string of the molecule is CC1(C)c2ccc(-c3ccc4oc5ccc(-c6c7ccccc7c(-c7cccc8c7ccc7cc9ccccc9cc78)c7ccccc67)cc5c4c3)cc2-c2c1c1ccccc1c1ccccc21. The summed E-state index contributed by atoms with van der Waals surface area (Å²) >= 11 is 0. The summed E-state index contributed by atoms with van der Waals surface area (Å²) in [6.07, 6.45) is 0. The molecule has 0 spiro atoms. The Morgan fingerprint density at radius 1 is 0.279 bits per heavy atom. The summed E-state index contributed by atoms with van der Waals surface area (Å²) in [5.41, 5.74) is 14.5. The molecule has 0 atom stereocenters. The van der Waals surface area contributed by atoms with Crippen LogP contribution in [0.1, 0.15) is 25.0 Å². The largest absolute Gasteiger partial charge is 0.456 e. The summed E-state index contributed by atoms with van der Waals surface area (Å²) in [5, 5.41) is 20.1. The van der Waals surface area contributed by atoms with Gasteiger partial charge in [0.25, 0.3) is 0 Å². The van der Waals surface area contributed by atoms with E-state index in [2.05, 4.69) is 232 Å². The lowest BCUT2D eigenvalue weighted by Crippen LogP contribution is -2.15. The summed E-state index contributed by atoms with van der Waals surface area (Å²) in [7, 11) is 0. The van der Waals surface area contributed by atoms with Gasteiger partial charge in [-0.3, -0.25) is 0 Å². The Balaban J connectivity index is 0.907. The second-order valence-corrected chi connectivity index (χ2v) is 19.5. The van der Waals surface area contributed by atoms with Crippen LogP contribution < -0.4 is 0 Å². The van der Waals surface area contributed by atoms with Crippen LogP contribution >= 0.6 is 0 Å². The van der Waals surface area contributed by atoms with Crippen molar-refractivity contribution >= 4 is 97.3 Å². The van der Waals surface area contributed by atoms with Crippen LogP contribution in [0.15, 0.2) is 223 Å². The molecule has 15 rings (SSSR count). The molecule has 1 aliphatic rings. The molecule has 1 heterocycles. The van der Waals surface area contributed by atoms with Gasteiger partial charge < -0.3 is 4.42 Å². The Labute approximate surface area is 393 Å². The van der Waals surface area contributed by atoms with E-state index in [9.17, 15) is 0 Å². The van der Waals surface area contributed by atoms with Crippen LogP contribution in [0.25, 0.3) is 142 Å². The van der Waals surface area contributed by atoms with Crippen LogP contribution in [-0.2, 0) is 5.41 Å². The molecular weight excluding hydrogens is 821 g/mol. The van der Waals surface area contributed by atoms with Gasteiger partial charge in [-0.2, -0.15) is 0 Å². The molecule has 68 heavy (non-hydrogen) atoms. The van der Waals surface area contributed by atoms with E-state index in [1.54, 1.807) is 0 Å². The highest BCUT2D eigenvalue weighted by molar-refractivity contribution is 6.26. The maximum absolute atomic E-state index is 6.62. The van der Waals surface area contributed by atoms with E-state index >= 15 is 0 Å². The van der Waals surface area contributed by atoms with Gasteiger partial charge in [0.1, 0.15) is 11.2 Å². The fourth-order valence-corrected chi connectivity index (χ4v) is 12.5. The minimum Gasteiger partial charge on any atom is -0.456 e. The lowest BCUT2D eigenvalue weighted by atomic mass is 9.79. The first kappa shape index (κ1) is 37.7. The minimum absolute atomic E-state index is 0.139. The Hall–Kier alpha value is -8.52. The van der Waals surface area contributed by atoms with Gasteiger partial charge in [0, 0.05) is 16.2 Å². The molecule has 0 aliphatic heterocycles. The highest BCUT2D eigenvalue weighted by Crippen LogP contribution is 2.55. The lowest BCUT2D eigenvalue weighted by Gasteiger charge is -2.24. The van der Waals surface area contributed by atoms with Crippen molar-refractivity contribution in [2.75, 3.05) is 0 Å². The number of benzene rings is 13. The molecule has 0 unspecified atom stereocenters. The third-order valence-electron chi connectivity index (χ3n) is 15.6. The van der Waals surface area contributed by atoms with Crippen molar-refractivity contribution in [1.29, 1.82) is 0 Å². The van der Waals surface area contributed by atoms with Crippen molar-refractivity contribution in [1.82, 2.24) is 0 Å². The molecular formula is C67H42O. The van der Waals surface area contributed by atoms with Gasteiger partial charge in [-0.15, -0.1) is 0 Å². The first-order valence-electron chi connectivity index (χ1n) is 23.8. The Morgan fingerprint density at radius 3 is 1.47 bits per heavy atom. The van der Waals surface area contributed by atoms with Crippen LogP contribution in [-0.4, -0.2) is 0 Å². The smallest absolute Gasteiger partial charge is 0.135 e. The third kappa shape index (κ3) is 5.16. The van der Waals surface area contributed by atoms with Crippen molar-refractivity contribution in [2.45, 2.75) is 19.3 Å². The number of hydrogen-bond donors (Lipinski definition) is 0. The van der Waals surface area contributed by atoms with E-state index in [1.807, 2.05) is 0 Å². The molecule has 0 N–H and O–H groups in total. The van der Waals surface area contributed by atoms with Crippen LogP contribution in [0.4, 0.5) is 0 Å². The minimum atomic E-state index is -0.139. The normalized spacial score (nSPS) is 13.3. The molecule has 0 amide bonds. The first-order valence-corrected chi connectivity index (χ1v) is 23.8. The Morgan fingerprint density at radius 2 is 0.779 bits per heavy atom. The summed E-state index contributed by atoms with van der Waals surface area (Å²) < 4.78 is 6.62. The maximum Gasteiger partial charge on any atom is 0.135 e. The maximum atomic E-state index is 6.62. The molecule has 1 aromatic heterocycles. The van der Waals surface area contributed by atoms with E-state index in [0.717, 1.165) is 21.9 Å². The van der Waals surface area contributed by atoms with E-state index in [4.69, 9.17) is 4.42 Å². The van der Waals surface area contributed by atoms with Gasteiger partial charge in [0.15, 0.2) is 0 Å². The first-order chi connectivity index (χ1) is 33.5. The fraction of sp³-hybridized carbons (Fsp3) is 0.0448. The summed E-state index contributed by atoms with van der Waals surface area (Å²) in [5.74, 6) is 0. The second kappa shape index (κ2) is 13.8. The summed E-state index contributed by atoms with van der Waals surface area (Å²) in [6.45, 7) is 4.79. The molecule has 1 aliphatic carbocycles. The van der Waals surface area contributed by atoms with Crippen LogP contribution in [0.3, 0.4) is 0 Å². The molecule has 14 aromatic rings. The second-order valence-electron chi connectivity index (χ2n) is 19.5. The van der Waals surface area contributed by atoms with E-state index in [0.29, 0.717) is 0 Å². The molecule has 13 aromatic carbocycles. The fourth-order valence-electron chi connectivity index (χ4n) is 12.5. The van der Waals surface area contributed by atoms with Gasteiger partial charge >= 0.3 is 0 Å². The zero-order valence-corrected chi connectivity index (χ0v) is 37.7. The topological polar surface area (TPSA) is 13.1 Å². The predicted octanol–water partition coefficient (Wildman–Crippen LogP) is 19.0. The average molecular weight is 863 g/mol. The lowest BCUT2D eigenvalue weighted by molar-refractivity contribution is 0.666. The van der Waals surface area contributed by atoms with Gasteiger partial charge in [-0.05, 0) is 174 Å². The van der Waals surface area contributed by atoms with Gasteiger partial charge in [0.05, 0.1) is 0 Å². The summed E-state index contributed by atoms with van der Waals surface area (Å²) in [6, 6.07) is 81.4. The van der Waals surface area contributed by atoms with E-state index in [1.165, 1.54) is 131 Å². The molecule has 0 bridgehead atoms. The van der Waals surface area contributed by atoms with E-state index < -0.39 is 0 Å². The Bertz CT molecular complexity index is 4470. The zero-order chi connectivity index (χ0) is 44.8. The van der Waals surface area contributed by atoms with Crippen molar-refractivity contribution < 1.29 is 4.42 Å². The van der Waals surface area contributed by atoms with Crippen LogP contribution in [0.5, 0.6) is 0 Å². The molecule has 0 saturated carbocycles. The quantitative estimate of drug-likeness (QED) is 0.127. The van der Waals surface area contributed by atoms with Crippen molar-refractivity contribution in [3.05, 3.63) is 230 Å². The van der Waals surface area contributed by atoms with Crippen LogP contribution in [0, 0.1) is 0 Å². The molecule has 0 fully saturated rings. The number of hydrogen-bond acceptors (Lipinski definition) is 1. The molecule has 0 saturated heterocycles. The van der Waals surface area contributed by atoms with Gasteiger partial charge in [-0.25, -0.2) is 0 Å². The van der Waals surface area contributed by atoms with Crippen molar-refractivity contribution in [3.8, 4) is 44.5 Å². The standard InChI is InChI=1S/C67H42O/c1-67(2)60-31-27-41(37-59(60)65-50-18-7-5-16-45(50)46-17-6-12-23-55(46)66(65)67)42-28-32-61-57(36-42)58-38-44(29-33-62(58)68-61)63-51-19-8-10-21-53(51)64(54-22-11-9-20-52(54)63)49-25-13-24-47-48(49)30-26-43-34-39-14-3-4-15-40(39)35-56(43)47/h3-38H,1-2H3. The number of furan rings is 1. The third-order valence-corrected chi connectivity index (χ3v) is 15.6. The molecule has 1 nitrogen and oxygen atoms in total. The van der Waals surface area contributed by atoms with Gasteiger partial charge in [0.2, 0.25) is 0 Å².